The first-order valence-electron chi connectivity index (χ1n) is 9.85. The number of ether oxygens (including phenoxy) is 2. The van der Waals surface area contributed by atoms with Crippen molar-refractivity contribution in [3.05, 3.63) is 63.7 Å². The Balaban J connectivity index is 2.11. The highest BCUT2D eigenvalue weighted by Gasteiger charge is 2.35. The Kier molecular flexibility index (Phi) is 5.76. The van der Waals surface area contributed by atoms with Gasteiger partial charge in [-0.05, 0) is 18.2 Å². The van der Waals surface area contributed by atoms with Crippen molar-refractivity contribution in [2.24, 2.45) is 5.73 Å². The Morgan fingerprint density at radius 2 is 1.88 bits per heavy atom. The molecule has 0 aliphatic carbocycles. The van der Waals surface area contributed by atoms with Crippen LogP contribution in [0.5, 0.6) is 5.75 Å². The molecule has 2 heterocycles. The van der Waals surface area contributed by atoms with Gasteiger partial charge in [0.15, 0.2) is 11.6 Å². The van der Waals surface area contributed by atoms with Gasteiger partial charge in [0, 0.05) is 32.5 Å². The van der Waals surface area contributed by atoms with E-state index in [0.717, 1.165) is 29.0 Å². The molecule has 3 N–H and O–H groups in total. The van der Waals surface area contributed by atoms with Gasteiger partial charge in [0.2, 0.25) is 5.43 Å². The van der Waals surface area contributed by atoms with Gasteiger partial charge >= 0.3 is 5.97 Å². The van der Waals surface area contributed by atoms with Crippen LogP contribution in [0, 0.1) is 17.5 Å². The molecule has 2 atom stereocenters. The standard InChI is InChI=1S/C22H20F3N3O5/c1-32-17-9-27(8-15(17)26)19-14(25)6-11-18(21(19)33-2)28(7-12(20(11)29)22(30)31)16-4-3-10(23)5-13(16)24/h3-7,15,17H,8-9,26H2,1-2H3,(H,30,31). The van der Waals surface area contributed by atoms with E-state index in [1.165, 1.54) is 14.2 Å². The summed E-state index contributed by atoms with van der Waals surface area (Å²) in [7, 11) is 2.72. The molecule has 1 fully saturated rings. The van der Waals surface area contributed by atoms with Crippen molar-refractivity contribution in [1.29, 1.82) is 0 Å². The molecule has 0 bridgehead atoms. The number of methoxy groups -OCH3 is 2. The van der Waals surface area contributed by atoms with Crippen LogP contribution in [-0.2, 0) is 4.74 Å². The van der Waals surface area contributed by atoms with Crippen molar-refractivity contribution in [1.82, 2.24) is 4.57 Å². The topological polar surface area (TPSA) is 107 Å². The Morgan fingerprint density at radius 3 is 2.45 bits per heavy atom. The van der Waals surface area contributed by atoms with E-state index in [9.17, 15) is 23.5 Å². The van der Waals surface area contributed by atoms with Crippen molar-refractivity contribution >= 4 is 22.6 Å². The van der Waals surface area contributed by atoms with Crippen LogP contribution in [0.2, 0.25) is 0 Å². The third kappa shape index (κ3) is 3.68. The van der Waals surface area contributed by atoms with Gasteiger partial charge in [-0.15, -0.1) is 0 Å². The number of carbonyl (C=O) groups is 1. The zero-order chi connectivity index (χ0) is 24.0. The van der Waals surface area contributed by atoms with E-state index in [4.69, 9.17) is 15.2 Å². The van der Waals surface area contributed by atoms with Crippen molar-refractivity contribution in [3.63, 3.8) is 0 Å². The molecule has 8 nitrogen and oxygen atoms in total. The zero-order valence-corrected chi connectivity index (χ0v) is 17.6. The van der Waals surface area contributed by atoms with Crippen molar-refractivity contribution < 1.29 is 32.5 Å². The van der Waals surface area contributed by atoms with Crippen LogP contribution in [0.15, 0.2) is 35.3 Å². The highest BCUT2D eigenvalue weighted by Crippen LogP contribution is 2.40. The molecule has 33 heavy (non-hydrogen) atoms. The van der Waals surface area contributed by atoms with Crippen LogP contribution in [0.1, 0.15) is 10.4 Å². The quantitative estimate of drug-likeness (QED) is 0.598. The van der Waals surface area contributed by atoms with E-state index < -0.39 is 46.6 Å². The van der Waals surface area contributed by atoms with Crippen molar-refractivity contribution in [3.8, 4) is 11.4 Å². The maximum Gasteiger partial charge on any atom is 0.341 e. The number of hydrogen-bond acceptors (Lipinski definition) is 6. The van der Waals surface area contributed by atoms with Gasteiger partial charge in [-0.1, -0.05) is 0 Å². The first-order chi connectivity index (χ1) is 15.7. The predicted octanol–water partition coefficient (Wildman–Crippen LogP) is 2.28. The average molecular weight is 463 g/mol. The first-order valence-corrected chi connectivity index (χ1v) is 9.85. The number of hydrogen-bond donors (Lipinski definition) is 2. The highest BCUT2D eigenvalue weighted by molar-refractivity contribution is 5.97. The third-order valence-electron chi connectivity index (χ3n) is 5.70. The predicted molar refractivity (Wildman–Crippen MR) is 114 cm³/mol. The number of anilines is 1. The Bertz CT molecular complexity index is 1330. The maximum atomic E-state index is 15.3. The fraction of sp³-hybridized carbons (Fsp3) is 0.273. The Labute approximate surface area is 185 Å². The van der Waals surface area contributed by atoms with Gasteiger partial charge in [0.05, 0.1) is 30.3 Å². The second-order valence-corrected chi connectivity index (χ2v) is 7.62. The average Bonchev–Trinajstić information content (AvgIpc) is 3.13. The fourth-order valence-electron chi connectivity index (χ4n) is 4.15. The van der Waals surface area contributed by atoms with E-state index in [-0.39, 0.29) is 41.1 Å². The largest absolute Gasteiger partial charge is 0.492 e. The number of aromatic carboxylic acids is 1. The summed E-state index contributed by atoms with van der Waals surface area (Å²) in [6.07, 6.45) is 0.511. The maximum absolute atomic E-state index is 15.3. The number of carboxylic acids is 1. The van der Waals surface area contributed by atoms with Crippen LogP contribution >= 0.6 is 0 Å². The number of rotatable bonds is 5. The van der Waals surface area contributed by atoms with E-state index in [1.807, 2.05) is 0 Å². The number of pyridine rings is 1. The number of nitrogens with two attached hydrogens (primary N) is 1. The molecule has 0 spiro atoms. The van der Waals surface area contributed by atoms with Crippen LogP contribution in [0.4, 0.5) is 18.9 Å². The summed E-state index contributed by atoms with van der Waals surface area (Å²) in [4.78, 5) is 26.1. The molecule has 3 aromatic rings. The van der Waals surface area contributed by atoms with E-state index in [2.05, 4.69) is 0 Å². The van der Waals surface area contributed by atoms with E-state index >= 15 is 4.39 Å². The lowest BCUT2D eigenvalue weighted by Gasteiger charge is -2.24. The van der Waals surface area contributed by atoms with Crippen LogP contribution in [0.3, 0.4) is 0 Å². The number of carboxylic acid groups (broad SMARTS) is 1. The number of nitrogens with zero attached hydrogens (tertiary/aromatic N) is 2. The summed E-state index contributed by atoms with van der Waals surface area (Å²) in [5.74, 6) is -4.45. The van der Waals surface area contributed by atoms with E-state index in [1.54, 1.807) is 4.90 Å². The molecule has 0 saturated carbocycles. The number of aromatic nitrogens is 1. The molecular weight excluding hydrogens is 443 g/mol. The lowest BCUT2D eigenvalue weighted by Crippen LogP contribution is -2.34. The molecule has 2 aromatic carbocycles. The third-order valence-corrected chi connectivity index (χ3v) is 5.70. The summed E-state index contributed by atoms with van der Waals surface area (Å²) >= 11 is 0. The van der Waals surface area contributed by atoms with Gasteiger partial charge in [0.1, 0.15) is 28.4 Å². The summed E-state index contributed by atoms with van der Waals surface area (Å²) in [5, 5.41) is 9.15. The van der Waals surface area contributed by atoms with Gasteiger partial charge in [0.25, 0.3) is 0 Å². The van der Waals surface area contributed by atoms with Crippen molar-refractivity contribution in [2.45, 2.75) is 12.1 Å². The molecule has 2 unspecified atom stereocenters. The minimum absolute atomic E-state index is 0.0428. The molecule has 4 rings (SSSR count). The molecule has 1 saturated heterocycles. The molecular formula is C22H20F3N3O5. The second-order valence-electron chi connectivity index (χ2n) is 7.62. The molecule has 1 aliphatic heterocycles. The Hall–Kier alpha value is -3.57. The van der Waals surface area contributed by atoms with Gasteiger partial charge in [-0.2, -0.15) is 0 Å². The summed E-state index contributed by atoms with van der Waals surface area (Å²) in [6.45, 7) is 0.429. The SMILES string of the molecule is COc1c(N2CC(N)C(OC)C2)c(F)cc2c(=O)c(C(=O)O)cn(-c3ccc(F)cc3F)c12. The fourth-order valence-corrected chi connectivity index (χ4v) is 4.15. The molecule has 0 amide bonds. The molecule has 0 radical (unpaired) electrons. The summed E-state index contributed by atoms with van der Waals surface area (Å²) in [6, 6.07) is 3.11. The van der Waals surface area contributed by atoms with E-state index in [0.29, 0.717) is 6.07 Å². The number of benzene rings is 2. The minimum atomic E-state index is -1.59. The van der Waals surface area contributed by atoms with Crippen LogP contribution in [-0.4, -0.2) is 55.1 Å². The van der Waals surface area contributed by atoms with Gasteiger partial charge < -0.3 is 29.8 Å². The van der Waals surface area contributed by atoms with Crippen LogP contribution < -0.4 is 20.8 Å². The minimum Gasteiger partial charge on any atom is -0.492 e. The molecule has 174 valence electrons. The lowest BCUT2D eigenvalue weighted by atomic mass is 10.1. The van der Waals surface area contributed by atoms with Crippen molar-refractivity contribution in [2.75, 3.05) is 32.2 Å². The van der Waals surface area contributed by atoms with Gasteiger partial charge in [-0.3, -0.25) is 4.79 Å². The second kappa shape index (κ2) is 8.41. The lowest BCUT2D eigenvalue weighted by molar-refractivity contribution is 0.0695. The summed E-state index contributed by atoms with van der Waals surface area (Å²) in [5.41, 5.74) is 3.99. The number of fused-ring (bicyclic) bond motifs is 1. The van der Waals surface area contributed by atoms with Gasteiger partial charge in [-0.25, -0.2) is 18.0 Å². The van der Waals surface area contributed by atoms with Crippen LogP contribution in [0.25, 0.3) is 16.6 Å². The molecule has 1 aromatic heterocycles. The Morgan fingerprint density at radius 1 is 1.15 bits per heavy atom. The highest BCUT2D eigenvalue weighted by atomic mass is 19.1. The smallest absolute Gasteiger partial charge is 0.341 e. The summed E-state index contributed by atoms with van der Waals surface area (Å²) < 4.78 is 55.4. The molecule has 11 heteroatoms. The monoisotopic (exact) mass is 463 g/mol. The first kappa shape index (κ1) is 22.6. The number of halogens is 3. The normalized spacial score (nSPS) is 18.2. The molecule has 1 aliphatic rings. The zero-order valence-electron chi connectivity index (χ0n) is 17.6.